The van der Waals surface area contributed by atoms with E-state index in [0.717, 1.165) is 0 Å². The summed E-state index contributed by atoms with van der Waals surface area (Å²) in [5.41, 5.74) is 8.29. The van der Waals surface area contributed by atoms with Gasteiger partial charge in [-0.05, 0) is 45.9 Å². The van der Waals surface area contributed by atoms with Crippen molar-refractivity contribution in [3.8, 4) is 0 Å². The minimum absolute atomic E-state index is 0. The van der Waals surface area contributed by atoms with E-state index in [-0.39, 0.29) is 36.2 Å². The summed E-state index contributed by atoms with van der Waals surface area (Å²) in [5, 5.41) is 0. The Bertz CT molecular complexity index is 769. The number of halogens is 1. The van der Waals surface area contributed by atoms with Crippen molar-refractivity contribution in [2.24, 2.45) is 0 Å². The third-order valence-corrected chi connectivity index (χ3v) is 5.84. The summed E-state index contributed by atoms with van der Waals surface area (Å²) >= 11 is 0. The number of para-hydroxylation sites is 2. The zero-order chi connectivity index (χ0) is 21.3. The summed E-state index contributed by atoms with van der Waals surface area (Å²) in [6.07, 6.45) is 4.43. The van der Waals surface area contributed by atoms with E-state index in [0.29, 0.717) is 23.7 Å². The predicted molar refractivity (Wildman–Crippen MR) is 130 cm³/mol. The smallest absolute Gasteiger partial charge is 1.00 e. The molecule has 1 radical (unpaired) electrons. The molecule has 0 aliphatic carbocycles. The summed E-state index contributed by atoms with van der Waals surface area (Å²) in [6, 6.07) is 13.5. The van der Waals surface area contributed by atoms with Crippen LogP contribution in [0.15, 0.2) is 48.8 Å². The molecule has 3 rings (SSSR count). The SMILES string of the molecule is CC(C)c1cccc(C(C)C)c1N1[CH]N(c2c(C(C)C)cccc2C(C)C)C=C1.[Au+].[Cl-].[HH]. The van der Waals surface area contributed by atoms with Crippen molar-refractivity contribution in [3.63, 3.8) is 0 Å². The Morgan fingerprint density at radius 2 is 0.806 bits per heavy atom. The second-order valence-corrected chi connectivity index (χ2v) is 9.42. The summed E-state index contributed by atoms with van der Waals surface area (Å²) < 4.78 is 0. The van der Waals surface area contributed by atoms with E-state index in [2.05, 4.69) is 121 Å². The molecule has 0 saturated heterocycles. The third kappa shape index (κ3) is 5.79. The van der Waals surface area contributed by atoms with Gasteiger partial charge >= 0.3 is 22.4 Å². The van der Waals surface area contributed by atoms with Crippen LogP contribution in [0.25, 0.3) is 0 Å². The van der Waals surface area contributed by atoms with Crippen LogP contribution >= 0.6 is 0 Å². The average Bonchev–Trinajstić information content (AvgIpc) is 3.15. The van der Waals surface area contributed by atoms with E-state index in [1.54, 1.807) is 0 Å². The molecule has 0 unspecified atom stereocenters. The van der Waals surface area contributed by atoms with Crippen LogP contribution < -0.4 is 22.2 Å². The Morgan fingerprint density at radius 1 is 0.548 bits per heavy atom. The first-order chi connectivity index (χ1) is 13.7. The topological polar surface area (TPSA) is 6.48 Å². The van der Waals surface area contributed by atoms with Crippen LogP contribution in [0.5, 0.6) is 0 Å². The Morgan fingerprint density at radius 3 is 1.03 bits per heavy atom. The number of rotatable bonds is 6. The molecule has 0 N–H and O–H groups in total. The Labute approximate surface area is 213 Å². The van der Waals surface area contributed by atoms with Gasteiger partial charge in [0.1, 0.15) is 0 Å². The number of benzene rings is 2. The van der Waals surface area contributed by atoms with Crippen molar-refractivity contribution in [3.05, 3.63) is 77.7 Å². The molecule has 0 saturated carbocycles. The number of hydrogen-bond acceptors (Lipinski definition) is 2. The maximum atomic E-state index is 2.33. The number of anilines is 2. The van der Waals surface area contributed by atoms with Crippen molar-refractivity contribution in [2.75, 3.05) is 9.80 Å². The Balaban J connectivity index is 0.00000320. The van der Waals surface area contributed by atoms with Gasteiger partial charge in [-0.1, -0.05) is 91.8 Å². The van der Waals surface area contributed by atoms with Crippen molar-refractivity contribution >= 4 is 11.4 Å². The quantitative estimate of drug-likeness (QED) is 0.401. The monoisotopic (exact) mass is 623 g/mol. The molecule has 1 aliphatic rings. The molecule has 0 fully saturated rings. The first-order valence-electron chi connectivity index (χ1n) is 11.1. The minimum Gasteiger partial charge on any atom is -1.00 e. The fourth-order valence-electron chi connectivity index (χ4n) is 4.24. The fraction of sp³-hybridized carbons (Fsp3) is 0.444. The molecule has 1 heterocycles. The molecule has 0 bridgehead atoms. The number of nitrogens with zero attached hydrogens (tertiary/aromatic N) is 2. The third-order valence-electron chi connectivity index (χ3n) is 5.84. The van der Waals surface area contributed by atoms with Gasteiger partial charge in [0.05, 0.1) is 0 Å². The molecule has 2 nitrogen and oxygen atoms in total. The molecule has 4 heteroatoms. The van der Waals surface area contributed by atoms with Crippen LogP contribution in [0.1, 0.15) is 103 Å². The van der Waals surface area contributed by atoms with Crippen LogP contribution in [0.3, 0.4) is 0 Å². The van der Waals surface area contributed by atoms with Crippen LogP contribution in [-0.4, -0.2) is 0 Å². The summed E-state index contributed by atoms with van der Waals surface area (Å²) in [7, 11) is 0. The molecule has 0 atom stereocenters. The Hall–Kier alpha value is -1.19. The van der Waals surface area contributed by atoms with E-state index in [1.807, 2.05) is 0 Å². The fourth-order valence-corrected chi connectivity index (χ4v) is 4.24. The molecule has 2 aromatic rings. The second kappa shape index (κ2) is 11.6. The van der Waals surface area contributed by atoms with Gasteiger partial charge in [-0.2, -0.15) is 0 Å². The van der Waals surface area contributed by atoms with Gasteiger partial charge in [0, 0.05) is 25.2 Å². The number of hydrogen-bond donors (Lipinski definition) is 0. The van der Waals surface area contributed by atoms with E-state index in [1.165, 1.54) is 33.6 Å². The molecule has 2 aromatic carbocycles. The molecule has 31 heavy (non-hydrogen) atoms. The van der Waals surface area contributed by atoms with Gasteiger partial charge in [-0.25, -0.2) is 0 Å². The summed E-state index contributed by atoms with van der Waals surface area (Å²) in [5.74, 6) is 1.92. The zero-order valence-electron chi connectivity index (χ0n) is 20.1. The molecule has 1 aliphatic heterocycles. The largest absolute Gasteiger partial charge is 1.00 e. The van der Waals surface area contributed by atoms with Crippen LogP contribution in [0.2, 0.25) is 0 Å². The van der Waals surface area contributed by atoms with Gasteiger partial charge in [-0.15, -0.1) is 0 Å². The summed E-state index contributed by atoms with van der Waals surface area (Å²) in [6.45, 7) is 20.5. The second-order valence-electron chi connectivity index (χ2n) is 9.42. The maximum absolute atomic E-state index is 2.33. The van der Waals surface area contributed by atoms with Gasteiger partial charge in [-0.3, -0.25) is 0 Å². The van der Waals surface area contributed by atoms with Gasteiger partial charge in [0.15, 0.2) is 6.67 Å². The summed E-state index contributed by atoms with van der Waals surface area (Å²) in [4.78, 5) is 4.65. The van der Waals surface area contributed by atoms with Crippen LogP contribution in [-0.2, 0) is 22.4 Å². The first-order valence-corrected chi connectivity index (χ1v) is 11.1. The van der Waals surface area contributed by atoms with E-state index >= 15 is 0 Å². The molecule has 0 spiro atoms. The van der Waals surface area contributed by atoms with E-state index in [4.69, 9.17) is 0 Å². The maximum Gasteiger partial charge on any atom is 1.00 e. The molecule has 0 aromatic heterocycles. The first kappa shape index (κ1) is 27.8. The normalized spacial score (nSPS) is 13.4. The standard InChI is InChI=1S/C27H37N2.Au.ClH.H2/c1-18(2)22-11-9-12-23(19(3)4)26(22)28-15-16-29(17-28)27-24(20(5)6)13-10-14-25(27)21(7)8;;;/h9-21H,1-8H3;;2*1H/q;+1;;/p-1. The zero-order valence-corrected chi connectivity index (χ0v) is 23.0. The molecular formula is C27H39AuClN2. The van der Waals surface area contributed by atoms with Crippen molar-refractivity contribution in [2.45, 2.75) is 79.1 Å². The van der Waals surface area contributed by atoms with Gasteiger partial charge in [0.25, 0.3) is 0 Å². The molecule has 0 amide bonds. The van der Waals surface area contributed by atoms with Crippen LogP contribution in [0.4, 0.5) is 11.4 Å². The minimum atomic E-state index is 0. The van der Waals surface area contributed by atoms with E-state index < -0.39 is 0 Å². The van der Waals surface area contributed by atoms with Crippen molar-refractivity contribution in [1.29, 1.82) is 0 Å². The molecule has 175 valence electrons. The Kier molecular flexibility index (Phi) is 10.4. The van der Waals surface area contributed by atoms with Crippen LogP contribution in [0, 0.1) is 6.67 Å². The average molecular weight is 624 g/mol. The van der Waals surface area contributed by atoms with Gasteiger partial charge < -0.3 is 22.2 Å². The van der Waals surface area contributed by atoms with Crippen molar-refractivity contribution in [1.82, 2.24) is 0 Å². The van der Waals surface area contributed by atoms with E-state index in [9.17, 15) is 0 Å². The van der Waals surface area contributed by atoms with Gasteiger partial charge in [0.2, 0.25) is 0 Å². The molecular weight excluding hydrogens is 585 g/mol. The predicted octanol–water partition coefficient (Wildman–Crippen LogP) is 5.34. The van der Waals surface area contributed by atoms with Crippen molar-refractivity contribution < 1.29 is 36.2 Å².